The molecule has 1 unspecified atom stereocenters. The van der Waals surface area contributed by atoms with E-state index in [2.05, 4.69) is 30.7 Å². The first kappa shape index (κ1) is 14.9. The Bertz CT molecular complexity index is 297. The third-order valence-electron chi connectivity index (χ3n) is 4.53. The van der Waals surface area contributed by atoms with E-state index in [-0.39, 0.29) is 0 Å². The molecule has 2 rings (SSSR count). The summed E-state index contributed by atoms with van der Waals surface area (Å²) in [6, 6.07) is 1.17. The van der Waals surface area contributed by atoms with Crippen LogP contribution >= 0.6 is 0 Å². The topological polar surface area (TPSA) is 32.8 Å². The fraction of sp³-hybridized carbons (Fsp3) is 0.933. The predicted molar refractivity (Wildman–Crippen MR) is 76.3 cm³/mol. The largest absolute Gasteiger partial charge is 0.374 e. The quantitative estimate of drug-likeness (QED) is 0.774. The van der Waals surface area contributed by atoms with Gasteiger partial charge in [0, 0.05) is 44.6 Å². The molecule has 1 atom stereocenters. The lowest BCUT2D eigenvalue weighted by Crippen LogP contribution is -2.50. The molecule has 1 aliphatic carbocycles. The molecule has 0 aromatic heterocycles. The van der Waals surface area contributed by atoms with Crippen LogP contribution < -0.4 is 0 Å². The van der Waals surface area contributed by atoms with Gasteiger partial charge in [0.05, 0.1) is 12.7 Å². The van der Waals surface area contributed by atoms with Gasteiger partial charge in [0.25, 0.3) is 0 Å². The van der Waals surface area contributed by atoms with E-state index in [9.17, 15) is 4.79 Å². The van der Waals surface area contributed by atoms with Crippen molar-refractivity contribution in [3.8, 4) is 0 Å². The van der Waals surface area contributed by atoms with E-state index in [0.717, 1.165) is 51.9 Å². The zero-order valence-electron chi connectivity index (χ0n) is 12.6. The molecule has 0 bridgehead atoms. The number of rotatable bonds is 4. The van der Waals surface area contributed by atoms with E-state index in [0.29, 0.717) is 24.0 Å². The molecule has 2 fully saturated rings. The second-order valence-corrected chi connectivity index (χ2v) is 6.29. The molecular weight excluding hydrogens is 240 g/mol. The molecular formula is C15H28N2O2. The molecule has 1 aliphatic heterocycles. The van der Waals surface area contributed by atoms with Crippen molar-refractivity contribution in [3.05, 3.63) is 0 Å². The van der Waals surface area contributed by atoms with Gasteiger partial charge in [-0.05, 0) is 33.7 Å². The van der Waals surface area contributed by atoms with E-state index in [1.807, 2.05) is 0 Å². The number of hydrogen-bond donors (Lipinski definition) is 0. The normalized spacial score (nSPS) is 27.4. The van der Waals surface area contributed by atoms with Crippen molar-refractivity contribution in [1.82, 2.24) is 9.80 Å². The van der Waals surface area contributed by atoms with Crippen LogP contribution in [0, 0.1) is 0 Å². The van der Waals surface area contributed by atoms with Crippen LogP contribution in [0.4, 0.5) is 0 Å². The Morgan fingerprint density at radius 3 is 2.68 bits per heavy atom. The fourth-order valence-corrected chi connectivity index (χ4v) is 3.16. The van der Waals surface area contributed by atoms with Crippen molar-refractivity contribution in [2.24, 2.45) is 0 Å². The molecule has 1 saturated carbocycles. The number of nitrogens with zero attached hydrogens (tertiary/aromatic N) is 2. The van der Waals surface area contributed by atoms with Crippen LogP contribution in [0.2, 0.25) is 0 Å². The molecule has 0 spiro atoms. The number of hydrogen-bond acceptors (Lipinski definition) is 4. The maximum Gasteiger partial charge on any atom is 0.133 e. The van der Waals surface area contributed by atoms with Crippen molar-refractivity contribution in [3.63, 3.8) is 0 Å². The molecule has 0 amide bonds. The number of likely N-dealkylation sites (N-methyl/N-ethyl adjacent to an activating group) is 1. The first-order valence-electron chi connectivity index (χ1n) is 7.64. The highest BCUT2D eigenvalue weighted by Crippen LogP contribution is 2.20. The van der Waals surface area contributed by atoms with Crippen LogP contribution in [0.25, 0.3) is 0 Å². The van der Waals surface area contributed by atoms with Gasteiger partial charge in [0.15, 0.2) is 0 Å². The molecule has 19 heavy (non-hydrogen) atoms. The van der Waals surface area contributed by atoms with Gasteiger partial charge in [0.1, 0.15) is 5.78 Å². The summed E-state index contributed by atoms with van der Waals surface area (Å²) in [6.45, 7) is 8.42. The van der Waals surface area contributed by atoms with Gasteiger partial charge < -0.3 is 9.64 Å². The van der Waals surface area contributed by atoms with Gasteiger partial charge in [-0.25, -0.2) is 0 Å². The average molecular weight is 268 g/mol. The van der Waals surface area contributed by atoms with Gasteiger partial charge in [-0.2, -0.15) is 0 Å². The maximum absolute atomic E-state index is 11.3. The summed E-state index contributed by atoms with van der Waals surface area (Å²) in [7, 11) is 2.18. The van der Waals surface area contributed by atoms with Gasteiger partial charge in [-0.1, -0.05) is 0 Å². The Hall–Kier alpha value is -0.450. The predicted octanol–water partition coefficient (Wildman–Crippen LogP) is 1.54. The summed E-state index contributed by atoms with van der Waals surface area (Å²) < 4.78 is 5.89. The van der Waals surface area contributed by atoms with E-state index in [4.69, 9.17) is 4.74 Å². The smallest absolute Gasteiger partial charge is 0.133 e. The zero-order chi connectivity index (χ0) is 13.8. The number of morpholine rings is 1. The van der Waals surface area contributed by atoms with E-state index < -0.39 is 0 Å². The van der Waals surface area contributed by atoms with Gasteiger partial charge in [0.2, 0.25) is 0 Å². The molecule has 0 aromatic rings. The Kier molecular flexibility index (Phi) is 5.37. The second kappa shape index (κ2) is 6.82. The maximum atomic E-state index is 11.3. The highest BCUT2D eigenvalue weighted by molar-refractivity contribution is 5.79. The fourth-order valence-electron chi connectivity index (χ4n) is 3.16. The van der Waals surface area contributed by atoms with Crippen LogP contribution in [0.1, 0.15) is 39.5 Å². The highest BCUT2D eigenvalue weighted by Gasteiger charge is 2.27. The van der Waals surface area contributed by atoms with E-state index in [1.54, 1.807) is 0 Å². The minimum Gasteiger partial charge on any atom is -0.374 e. The lowest BCUT2D eigenvalue weighted by atomic mass is 9.93. The standard InChI is InChI=1S/C15H28N2O2/c1-12(2)17-8-9-19-15(11-17)10-16(3)13-4-6-14(18)7-5-13/h12-13,15H,4-11H2,1-3H3. The second-order valence-electron chi connectivity index (χ2n) is 6.29. The summed E-state index contributed by atoms with van der Waals surface area (Å²) in [4.78, 5) is 16.2. The Morgan fingerprint density at radius 1 is 1.37 bits per heavy atom. The van der Waals surface area contributed by atoms with E-state index >= 15 is 0 Å². The number of carbonyl (C=O) groups excluding carboxylic acids is 1. The Labute approximate surface area is 117 Å². The number of Topliss-reactive ketones (excluding diaryl/α,β-unsaturated/α-hetero) is 1. The molecule has 110 valence electrons. The first-order chi connectivity index (χ1) is 9.06. The number of ether oxygens (including phenoxy) is 1. The minimum absolute atomic E-state index is 0.318. The first-order valence-corrected chi connectivity index (χ1v) is 7.64. The molecule has 1 heterocycles. The van der Waals surface area contributed by atoms with Gasteiger partial charge >= 0.3 is 0 Å². The van der Waals surface area contributed by atoms with Crippen LogP contribution in [0.5, 0.6) is 0 Å². The molecule has 0 radical (unpaired) electrons. The van der Waals surface area contributed by atoms with Crippen molar-refractivity contribution in [1.29, 1.82) is 0 Å². The van der Waals surface area contributed by atoms with Crippen LogP contribution in [0.15, 0.2) is 0 Å². The molecule has 2 aliphatic rings. The summed E-state index contributed by atoms with van der Waals surface area (Å²) >= 11 is 0. The average Bonchev–Trinajstić information content (AvgIpc) is 2.39. The SMILES string of the molecule is CC(C)N1CCOC(CN(C)C2CCC(=O)CC2)C1. The molecule has 0 N–H and O–H groups in total. The highest BCUT2D eigenvalue weighted by atomic mass is 16.5. The van der Waals surface area contributed by atoms with Crippen molar-refractivity contribution >= 4 is 5.78 Å². The summed E-state index contributed by atoms with van der Waals surface area (Å²) in [5, 5.41) is 0. The lowest BCUT2D eigenvalue weighted by Gasteiger charge is -2.39. The van der Waals surface area contributed by atoms with Crippen molar-refractivity contribution < 1.29 is 9.53 Å². The van der Waals surface area contributed by atoms with Gasteiger partial charge in [-0.15, -0.1) is 0 Å². The van der Waals surface area contributed by atoms with Crippen LogP contribution in [-0.4, -0.2) is 67.1 Å². The third-order valence-corrected chi connectivity index (χ3v) is 4.53. The Morgan fingerprint density at radius 2 is 2.05 bits per heavy atom. The van der Waals surface area contributed by atoms with Crippen molar-refractivity contribution in [2.75, 3.05) is 33.3 Å². The van der Waals surface area contributed by atoms with Crippen LogP contribution in [-0.2, 0) is 9.53 Å². The van der Waals surface area contributed by atoms with Gasteiger partial charge in [-0.3, -0.25) is 9.69 Å². The molecule has 4 nitrogen and oxygen atoms in total. The van der Waals surface area contributed by atoms with Crippen molar-refractivity contribution in [2.45, 2.75) is 57.7 Å². The summed E-state index contributed by atoms with van der Waals surface area (Å²) in [6.07, 6.45) is 3.89. The van der Waals surface area contributed by atoms with E-state index in [1.165, 1.54) is 0 Å². The van der Waals surface area contributed by atoms with Crippen LogP contribution in [0.3, 0.4) is 0 Å². The third kappa shape index (κ3) is 4.26. The number of ketones is 1. The Balaban J connectivity index is 1.78. The summed E-state index contributed by atoms with van der Waals surface area (Å²) in [5.74, 6) is 0.435. The molecule has 4 heteroatoms. The minimum atomic E-state index is 0.318. The lowest BCUT2D eigenvalue weighted by molar-refractivity contribution is -0.121. The monoisotopic (exact) mass is 268 g/mol. The molecule has 1 saturated heterocycles. The number of carbonyl (C=O) groups is 1. The zero-order valence-corrected chi connectivity index (χ0v) is 12.6. The molecule has 0 aromatic carbocycles. The summed E-state index contributed by atoms with van der Waals surface area (Å²) in [5.41, 5.74) is 0.